The van der Waals surface area contributed by atoms with Gasteiger partial charge in [-0.1, -0.05) is 30.4 Å². The number of thiocarbonyl (C=S) groups is 1. The first-order chi connectivity index (χ1) is 8.77. The van der Waals surface area contributed by atoms with Gasteiger partial charge in [-0.15, -0.1) is 0 Å². The second kappa shape index (κ2) is 4.15. The van der Waals surface area contributed by atoms with Crippen LogP contribution in [0.4, 0.5) is 0 Å². The lowest BCUT2D eigenvalue weighted by molar-refractivity contribution is 0.993. The number of hydrogen-bond donors (Lipinski definition) is 1. The highest BCUT2D eigenvalue weighted by atomic mass is 32.1. The molecular weight excluding hydrogens is 246 g/mol. The molecule has 88 valence electrons. The summed E-state index contributed by atoms with van der Waals surface area (Å²) in [6.45, 7) is 0. The Balaban J connectivity index is 2.32. The van der Waals surface area contributed by atoms with Gasteiger partial charge in [0.2, 0.25) is 0 Å². The summed E-state index contributed by atoms with van der Waals surface area (Å²) in [7, 11) is 0. The SMILES string of the molecule is NC(=S)c1nccn1-c1cnnc2ccccc12. The first kappa shape index (κ1) is 10.8. The average molecular weight is 255 g/mol. The molecule has 5 nitrogen and oxygen atoms in total. The van der Waals surface area contributed by atoms with Crippen LogP contribution < -0.4 is 5.73 Å². The highest BCUT2D eigenvalue weighted by Crippen LogP contribution is 2.20. The molecule has 0 radical (unpaired) electrons. The van der Waals surface area contributed by atoms with Crippen LogP contribution in [0, 0.1) is 0 Å². The van der Waals surface area contributed by atoms with Crippen molar-refractivity contribution < 1.29 is 0 Å². The summed E-state index contributed by atoms with van der Waals surface area (Å²) in [5.74, 6) is 0.545. The van der Waals surface area contributed by atoms with Crippen LogP contribution in [-0.2, 0) is 0 Å². The quantitative estimate of drug-likeness (QED) is 0.702. The normalized spacial score (nSPS) is 10.7. The van der Waals surface area contributed by atoms with Gasteiger partial charge in [0.25, 0.3) is 0 Å². The van der Waals surface area contributed by atoms with E-state index < -0.39 is 0 Å². The Bertz CT molecular complexity index is 729. The molecule has 1 aromatic carbocycles. The molecule has 0 saturated carbocycles. The van der Waals surface area contributed by atoms with Gasteiger partial charge in [0.15, 0.2) is 5.82 Å². The zero-order valence-electron chi connectivity index (χ0n) is 9.32. The summed E-state index contributed by atoms with van der Waals surface area (Å²) in [5.41, 5.74) is 7.33. The molecule has 6 heteroatoms. The van der Waals surface area contributed by atoms with Crippen LogP contribution >= 0.6 is 12.2 Å². The van der Waals surface area contributed by atoms with E-state index in [4.69, 9.17) is 18.0 Å². The van der Waals surface area contributed by atoms with Gasteiger partial charge in [-0.05, 0) is 6.07 Å². The minimum Gasteiger partial charge on any atom is -0.387 e. The molecule has 0 fully saturated rings. The monoisotopic (exact) mass is 255 g/mol. The second-order valence-corrected chi connectivity index (χ2v) is 4.17. The average Bonchev–Trinajstić information content (AvgIpc) is 2.87. The van der Waals surface area contributed by atoms with Crippen molar-refractivity contribution in [2.24, 2.45) is 5.73 Å². The maximum atomic E-state index is 5.65. The second-order valence-electron chi connectivity index (χ2n) is 3.73. The molecule has 2 heterocycles. The lowest BCUT2D eigenvalue weighted by atomic mass is 10.2. The van der Waals surface area contributed by atoms with Crippen molar-refractivity contribution in [2.45, 2.75) is 0 Å². The Kier molecular flexibility index (Phi) is 2.49. The smallest absolute Gasteiger partial charge is 0.172 e. The number of nitrogens with zero attached hydrogens (tertiary/aromatic N) is 4. The molecule has 0 aliphatic rings. The Morgan fingerprint density at radius 3 is 2.94 bits per heavy atom. The molecule has 18 heavy (non-hydrogen) atoms. The van der Waals surface area contributed by atoms with E-state index in [1.165, 1.54) is 0 Å². The molecule has 0 unspecified atom stereocenters. The van der Waals surface area contributed by atoms with Crippen molar-refractivity contribution in [3.8, 4) is 5.69 Å². The molecule has 0 aliphatic heterocycles. The number of benzene rings is 1. The highest BCUT2D eigenvalue weighted by molar-refractivity contribution is 7.80. The van der Waals surface area contributed by atoms with E-state index in [1.54, 1.807) is 18.6 Å². The number of fused-ring (bicyclic) bond motifs is 1. The molecule has 0 bridgehead atoms. The molecule has 0 aliphatic carbocycles. The van der Waals surface area contributed by atoms with Crippen molar-refractivity contribution >= 4 is 28.1 Å². The first-order valence-corrected chi connectivity index (χ1v) is 5.72. The third-order valence-corrected chi connectivity index (χ3v) is 2.83. The third-order valence-electron chi connectivity index (χ3n) is 2.65. The van der Waals surface area contributed by atoms with E-state index in [2.05, 4.69) is 15.2 Å². The molecule has 0 spiro atoms. The minimum absolute atomic E-state index is 0.251. The number of nitrogens with two attached hydrogens (primary N) is 1. The summed E-state index contributed by atoms with van der Waals surface area (Å²) in [6, 6.07) is 7.75. The zero-order chi connectivity index (χ0) is 12.5. The van der Waals surface area contributed by atoms with Crippen LogP contribution in [0.25, 0.3) is 16.6 Å². The lowest BCUT2D eigenvalue weighted by Gasteiger charge is -2.08. The predicted octanol–water partition coefficient (Wildman–Crippen LogP) is 1.45. The van der Waals surface area contributed by atoms with Gasteiger partial charge < -0.3 is 5.73 Å². The molecule has 3 aromatic rings. The standard InChI is InChI=1S/C12H9N5S/c13-11(18)12-14-5-6-17(12)10-7-15-16-9-4-2-1-3-8(9)10/h1-7H,(H2,13,18). The summed E-state index contributed by atoms with van der Waals surface area (Å²) < 4.78 is 1.82. The van der Waals surface area contributed by atoms with E-state index >= 15 is 0 Å². The third kappa shape index (κ3) is 1.63. The van der Waals surface area contributed by atoms with E-state index in [0.717, 1.165) is 16.6 Å². The van der Waals surface area contributed by atoms with Crippen LogP contribution in [0.2, 0.25) is 0 Å². The van der Waals surface area contributed by atoms with Crippen molar-refractivity contribution in [1.29, 1.82) is 0 Å². The number of imidazole rings is 1. The number of hydrogen-bond acceptors (Lipinski definition) is 4. The minimum atomic E-state index is 0.251. The Morgan fingerprint density at radius 2 is 2.11 bits per heavy atom. The van der Waals surface area contributed by atoms with E-state index in [9.17, 15) is 0 Å². The predicted molar refractivity (Wildman–Crippen MR) is 72.5 cm³/mol. The maximum Gasteiger partial charge on any atom is 0.172 e. The summed E-state index contributed by atoms with van der Waals surface area (Å²) >= 11 is 4.98. The highest BCUT2D eigenvalue weighted by Gasteiger charge is 2.10. The van der Waals surface area contributed by atoms with E-state index in [-0.39, 0.29) is 4.99 Å². The van der Waals surface area contributed by atoms with Crippen LogP contribution in [0.5, 0.6) is 0 Å². The van der Waals surface area contributed by atoms with Gasteiger partial charge in [0, 0.05) is 17.8 Å². The molecule has 0 amide bonds. The van der Waals surface area contributed by atoms with Crippen LogP contribution in [0.15, 0.2) is 42.9 Å². The fraction of sp³-hybridized carbons (Fsp3) is 0. The molecule has 0 saturated heterocycles. The fourth-order valence-electron chi connectivity index (χ4n) is 1.86. The van der Waals surface area contributed by atoms with Gasteiger partial charge in [-0.25, -0.2) is 4.98 Å². The van der Waals surface area contributed by atoms with Crippen molar-refractivity contribution in [3.05, 3.63) is 48.7 Å². The van der Waals surface area contributed by atoms with Crippen molar-refractivity contribution in [3.63, 3.8) is 0 Å². The molecular formula is C12H9N5S. The van der Waals surface area contributed by atoms with Crippen LogP contribution in [0.1, 0.15) is 5.82 Å². The van der Waals surface area contributed by atoms with Crippen LogP contribution in [0.3, 0.4) is 0 Å². The van der Waals surface area contributed by atoms with Crippen molar-refractivity contribution in [1.82, 2.24) is 19.7 Å². The Hall–Kier alpha value is -2.34. The number of rotatable bonds is 2. The summed E-state index contributed by atoms with van der Waals surface area (Å²) in [4.78, 5) is 4.40. The van der Waals surface area contributed by atoms with Crippen LogP contribution in [-0.4, -0.2) is 24.7 Å². The molecule has 2 aromatic heterocycles. The largest absolute Gasteiger partial charge is 0.387 e. The van der Waals surface area contributed by atoms with Gasteiger partial charge in [-0.3, -0.25) is 4.57 Å². The summed E-state index contributed by atoms with van der Waals surface area (Å²) in [6.07, 6.45) is 5.13. The van der Waals surface area contributed by atoms with Gasteiger partial charge >= 0.3 is 0 Å². The Morgan fingerprint density at radius 1 is 1.28 bits per heavy atom. The van der Waals surface area contributed by atoms with Gasteiger partial charge in [0.05, 0.1) is 17.4 Å². The van der Waals surface area contributed by atoms with Crippen molar-refractivity contribution in [2.75, 3.05) is 0 Å². The Labute approximate surface area is 108 Å². The number of aromatic nitrogens is 4. The fourth-order valence-corrected chi connectivity index (χ4v) is 2.02. The molecule has 3 rings (SSSR count). The first-order valence-electron chi connectivity index (χ1n) is 5.31. The summed E-state index contributed by atoms with van der Waals surface area (Å²) in [5, 5.41) is 9.04. The topological polar surface area (TPSA) is 69.6 Å². The van der Waals surface area contributed by atoms with E-state index in [0.29, 0.717) is 5.82 Å². The van der Waals surface area contributed by atoms with Gasteiger partial charge in [0.1, 0.15) is 4.99 Å². The van der Waals surface area contributed by atoms with E-state index in [1.807, 2.05) is 28.8 Å². The maximum absolute atomic E-state index is 5.65. The zero-order valence-corrected chi connectivity index (χ0v) is 10.1. The molecule has 0 atom stereocenters. The van der Waals surface area contributed by atoms with Gasteiger partial charge in [-0.2, -0.15) is 10.2 Å². The molecule has 2 N–H and O–H groups in total. The lowest BCUT2D eigenvalue weighted by Crippen LogP contribution is -2.16.